The quantitative estimate of drug-likeness (QED) is 0.784. The molecule has 15 heavy (non-hydrogen) atoms. The summed E-state index contributed by atoms with van der Waals surface area (Å²) in [5.74, 6) is 0. The van der Waals surface area contributed by atoms with Crippen LogP contribution in [0.4, 0.5) is 0 Å². The molecule has 0 fully saturated rings. The number of nitrogens with zero attached hydrogens (tertiary/aromatic N) is 2. The minimum atomic E-state index is 0.974. The Kier molecular flexibility index (Phi) is 3.45. The lowest BCUT2D eigenvalue weighted by Crippen LogP contribution is -1.84. The van der Waals surface area contributed by atoms with Gasteiger partial charge in [0.25, 0.3) is 0 Å². The van der Waals surface area contributed by atoms with Gasteiger partial charge in [-0.15, -0.1) is 11.3 Å². The van der Waals surface area contributed by atoms with Crippen LogP contribution in [0.25, 0.3) is 10.6 Å². The molecule has 2 rings (SSSR count). The summed E-state index contributed by atoms with van der Waals surface area (Å²) in [6.07, 6.45) is 6.71. The number of hydrogen-bond donors (Lipinski definition) is 0. The average Bonchev–Trinajstić information content (AvgIpc) is 2.76. The fourth-order valence-corrected chi connectivity index (χ4v) is 2.22. The zero-order valence-corrected chi connectivity index (χ0v) is 9.33. The summed E-state index contributed by atoms with van der Waals surface area (Å²) in [7, 11) is 0. The molecule has 2 aromatic rings. The van der Waals surface area contributed by atoms with Crippen molar-refractivity contribution in [2.45, 2.75) is 19.3 Å². The van der Waals surface area contributed by atoms with E-state index in [1.165, 1.54) is 5.69 Å². The molecule has 0 aromatic carbocycles. The zero-order chi connectivity index (χ0) is 10.5. The van der Waals surface area contributed by atoms with Gasteiger partial charge >= 0.3 is 0 Å². The van der Waals surface area contributed by atoms with Crippen molar-refractivity contribution in [3.8, 4) is 10.6 Å². The molecule has 0 N–H and O–H groups in total. The van der Waals surface area contributed by atoms with Gasteiger partial charge in [-0.05, 0) is 25.0 Å². The van der Waals surface area contributed by atoms with Gasteiger partial charge in [0.1, 0.15) is 5.01 Å². The van der Waals surface area contributed by atoms with Crippen LogP contribution in [0.1, 0.15) is 18.5 Å². The third-order valence-corrected chi connectivity index (χ3v) is 3.10. The third kappa shape index (κ3) is 2.63. The van der Waals surface area contributed by atoms with E-state index in [2.05, 4.69) is 22.3 Å². The molecule has 0 atom stereocenters. The maximum Gasteiger partial charge on any atom is 0.123 e. The first-order valence-electron chi connectivity index (χ1n) is 5.04. The van der Waals surface area contributed by atoms with Gasteiger partial charge in [-0.3, -0.25) is 4.98 Å². The van der Waals surface area contributed by atoms with E-state index in [-0.39, 0.29) is 0 Å². The Bertz CT molecular complexity index is 409. The first-order chi connectivity index (χ1) is 7.40. The lowest BCUT2D eigenvalue weighted by molar-refractivity contribution is 0.823. The third-order valence-electron chi connectivity index (χ3n) is 2.16. The van der Waals surface area contributed by atoms with Gasteiger partial charge in [-0.2, -0.15) is 0 Å². The van der Waals surface area contributed by atoms with Crippen molar-refractivity contribution in [2.75, 3.05) is 0 Å². The first kappa shape index (κ1) is 10.3. The van der Waals surface area contributed by atoms with Gasteiger partial charge in [0.2, 0.25) is 0 Å². The molecule has 2 heterocycles. The number of aromatic nitrogens is 2. The lowest BCUT2D eigenvalue weighted by atomic mass is 10.2. The van der Waals surface area contributed by atoms with E-state index in [0.717, 1.165) is 29.8 Å². The number of rotatable bonds is 4. The fourth-order valence-electron chi connectivity index (χ4n) is 1.35. The van der Waals surface area contributed by atoms with Crippen LogP contribution < -0.4 is 0 Å². The van der Waals surface area contributed by atoms with Crippen LogP contribution >= 0.6 is 11.3 Å². The van der Waals surface area contributed by atoms with Crippen LogP contribution in [0.3, 0.4) is 0 Å². The van der Waals surface area contributed by atoms with Crippen LogP contribution in [0.5, 0.6) is 0 Å². The topological polar surface area (TPSA) is 25.8 Å². The molecule has 0 saturated carbocycles. The second-order valence-electron chi connectivity index (χ2n) is 3.34. The minimum Gasteiger partial charge on any atom is -0.265 e. The van der Waals surface area contributed by atoms with Crippen molar-refractivity contribution < 1.29 is 0 Å². The zero-order valence-electron chi connectivity index (χ0n) is 8.52. The molecule has 0 aliphatic carbocycles. The number of thiazole rings is 1. The molecule has 77 valence electrons. The Labute approximate surface area is 94.0 Å². The highest BCUT2D eigenvalue weighted by Gasteiger charge is 2.03. The van der Waals surface area contributed by atoms with Gasteiger partial charge in [0.05, 0.1) is 5.69 Å². The SMILES string of the molecule is [CH2]CCCc1csc(-c2ccncc2)n1. The lowest BCUT2D eigenvalue weighted by Gasteiger charge is -1.94. The van der Waals surface area contributed by atoms with Crippen molar-refractivity contribution in [1.29, 1.82) is 0 Å². The molecule has 0 spiro atoms. The van der Waals surface area contributed by atoms with E-state index in [9.17, 15) is 0 Å². The Morgan fingerprint density at radius 3 is 2.80 bits per heavy atom. The second kappa shape index (κ2) is 5.03. The summed E-state index contributed by atoms with van der Waals surface area (Å²) in [5.41, 5.74) is 2.33. The van der Waals surface area contributed by atoms with Gasteiger partial charge in [0.15, 0.2) is 0 Å². The van der Waals surface area contributed by atoms with Gasteiger partial charge in [0, 0.05) is 23.3 Å². The van der Waals surface area contributed by atoms with Crippen LogP contribution in [-0.2, 0) is 6.42 Å². The highest BCUT2D eigenvalue weighted by atomic mass is 32.1. The molecule has 0 aliphatic rings. The van der Waals surface area contributed by atoms with Crippen LogP contribution in [0, 0.1) is 6.92 Å². The van der Waals surface area contributed by atoms with Crippen LogP contribution in [0.2, 0.25) is 0 Å². The van der Waals surface area contributed by atoms with Gasteiger partial charge < -0.3 is 0 Å². The standard InChI is InChI=1S/C12H13N2S/c1-2-3-4-11-9-15-12(14-11)10-5-7-13-8-6-10/h5-9H,1-4H2. The molecule has 0 saturated heterocycles. The Hall–Kier alpha value is -1.22. The largest absolute Gasteiger partial charge is 0.265 e. The van der Waals surface area contributed by atoms with Crippen LogP contribution in [-0.4, -0.2) is 9.97 Å². The van der Waals surface area contributed by atoms with Crippen LogP contribution in [0.15, 0.2) is 29.9 Å². The summed E-state index contributed by atoms with van der Waals surface area (Å²) in [5, 5.41) is 3.21. The molecule has 0 amide bonds. The molecule has 0 bridgehead atoms. The van der Waals surface area contributed by atoms with Crippen molar-refractivity contribution in [2.24, 2.45) is 0 Å². The van der Waals surface area contributed by atoms with E-state index in [1.54, 1.807) is 23.7 Å². The summed E-state index contributed by atoms with van der Waals surface area (Å²) in [6.45, 7) is 3.83. The van der Waals surface area contributed by atoms with E-state index < -0.39 is 0 Å². The normalized spacial score (nSPS) is 10.5. The minimum absolute atomic E-state index is 0.974. The molecular weight excluding hydrogens is 204 g/mol. The molecule has 0 aliphatic heterocycles. The summed E-state index contributed by atoms with van der Waals surface area (Å²) in [4.78, 5) is 8.58. The van der Waals surface area contributed by atoms with Crippen molar-refractivity contribution in [3.05, 3.63) is 42.5 Å². The molecule has 2 nitrogen and oxygen atoms in total. The number of hydrogen-bond acceptors (Lipinski definition) is 3. The number of pyridine rings is 1. The summed E-state index contributed by atoms with van der Waals surface area (Å²) >= 11 is 1.69. The number of aryl methyl sites for hydroxylation is 1. The van der Waals surface area contributed by atoms with Crippen molar-refractivity contribution >= 4 is 11.3 Å². The molecule has 2 aromatic heterocycles. The van der Waals surface area contributed by atoms with Gasteiger partial charge in [-0.1, -0.05) is 13.3 Å². The Morgan fingerprint density at radius 1 is 1.27 bits per heavy atom. The van der Waals surface area contributed by atoms with E-state index in [0.29, 0.717) is 0 Å². The molecule has 1 radical (unpaired) electrons. The fraction of sp³-hybridized carbons (Fsp3) is 0.250. The smallest absolute Gasteiger partial charge is 0.123 e. The number of unbranched alkanes of at least 4 members (excludes halogenated alkanes) is 1. The summed E-state index contributed by atoms with van der Waals surface area (Å²) < 4.78 is 0. The maximum atomic E-state index is 4.58. The van der Waals surface area contributed by atoms with E-state index >= 15 is 0 Å². The first-order valence-corrected chi connectivity index (χ1v) is 5.92. The van der Waals surface area contributed by atoms with E-state index in [1.807, 2.05) is 12.1 Å². The highest BCUT2D eigenvalue weighted by Crippen LogP contribution is 2.23. The average molecular weight is 217 g/mol. The molecule has 3 heteroatoms. The Balaban J connectivity index is 2.14. The van der Waals surface area contributed by atoms with Crippen molar-refractivity contribution in [1.82, 2.24) is 9.97 Å². The maximum absolute atomic E-state index is 4.58. The highest BCUT2D eigenvalue weighted by molar-refractivity contribution is 7.13. The molecule has 0 unspecified atom stereocenters. The molecular formula is C12H13N2S. The predicted molar refractivity (Wildman–Crippen MR) is 63.6 cm³/mol. The van der Waals surface area contributed by atoms with Gasteiger partial charge in [-0.25, -0.2) is 4.98 Å². The second-order valence-corrected chi connectivity index (χ2v) is 4.20. The monoisotopic (exact) mass is 217 g/mol. The summed E-state index contributed by atoms with van der Waals surface area (Å²) in [6, 6.07) is 3.98. The Morgan fingerprint density at radius 2 is 2.07 bits per heavy atom. The predicted octanol–water partition coefficient (Wildman–Crippen LogP) is 3.36. The van der Waals surface area contributed by atoms with Crippen molar-refractivity contribution in [3.63, 3.8) is 0 Å². The van der Waals surface area contributed by atoms with E-state index in [4.69, 9.17) is 0 Å².